The Labute approximate surface area is 158 Å². The molecule has 3 N–H and O–H groups in total. The number of sulfonamides is 1. The molecule has 0 radical (unpaired) electrons. The van der Waals surface area contributed by atoms with E-state index in [9.17, 15) is 12.8 Å². The van der Waals surface area contributed by atoms with Crippen LogP contribution in [-0.4, -0.2) is 8.42 Å². The van der Waals surface area contributed by atoms with Gasteiger partial charge >= 0.3 is 0 Å². The first-order valence-corrected chi connectivity index (χ1v) is 10.1. The number of primary sulfonamides is 1. The van der Waals surface area contributed by atoms with E-state index in [1.54, 1.807) is 18.2 Å². The average Bonchev–Trinajstić information content (AvgIpc) is 2.66. The lowest BCUT2D eigenvalue weighted by molar-refractivity contribution is 0.512. The standard InChI is InChI=1S/C21H21FN2O2S/c1-15(17-9-6-12-20(14-17)27(23,25)26)24-21(16-7-3-2-4-8-16)18-10-5-11-19(22)13-18/h2-15,21,24H,1H3,(H2,23,25,26). The van der Waals surface area contributed by atoms with Crippen molar-refractivity contribution in [3.05, 3.63) is 101 Å². The zero-order valence-corrected chi connectivity index (χ0v) is 15.7. The molecule has 0 amide bonds. The Kier molecular flexibility index (Phi) is 5.70. The molecule has 140 valence electrons. The van der Waals surface area contributed by atoms with Crippen LogP contribution in [0.15, 0.2) is 83.8 Å². The summed E-state index contributed by atoms with van der Waals surface area (Å²) in [6.07, 6.45) is 0. The van der Waals surface area contributed by atoms with Crippen LogP contribution in [0.25, 0.3) is 0 Å². The number of nitrogens with two attached hydrogens (primary N) is 1. The van der Waals surface area contributed by atoms with Crippen LogP contribution in [0.5, 0.6) is 0 Å². The quantitative estimate of drug-likeness (QED) is 0.677. The molecule has 0 heterocycles. The fourth-order valence-corrected chi connectivity index (χ4v) is 3.59. The van der Waals surface area contributed by atoms with E-state index < -0.39 is 10.0 Å². The number of halogens is 1. The van der Waals surface area contributed by atoms with E-state index in [0.717, 1.165) is 16.7 Å². The van der Waals surface area contributed by atoms with Crippen LogP contribution >= 0.6 is 0 Å². The number of rotatable bonds is 6. The Morgan fingerprint density at radius 1 is 0.852 bits per heavy atom. The predicted octanol–water partition coefficient (Wildman–Crippen LogP) is 3.91. The number of benzene rings is 3. The van der Waals surface area contributed by atoms with E-state index in [1.165, 1.54) is 18.2 Å². The fourth-order valence-electron chi connectivity index (χ4n) is 3.02. The van der Waals surface area contributed by atoms with Crippen molar-refractivity contribution in [3.8, 4) is 0 Å². The Hall–Kier alpha value is -2.54. The maximum atomic E-state index is 13.8. The average molecular weight is 384 g/mol. The summed E-state index contributed by atoms with van der Waals surface area (Å²) in [5.74, 6) is -0.306. The Bertz CT molecular complexity index is 1020. The summed E-state index contributed by atoms with van der Waals surface area (Å²) in [4.78, 5) is 0.0654. The molecular formula is C21H21FN2O2S. The van der Waals surface area contributed by atoms with Gasteiger partial charge in [0.2, 0.25) is 10.0 Å². The lowest BCUT2D eigenvalue weighted by atomic mass is 9.96. The minimum Gasteiger partial charge on any atom is -0.300 e. The lowest BCUT2D eigenvalue weighted by Gasteiger charge is -2.25. The summed E-state index contributed by atoms with van der Waals surface area (Å²) < 4.78 is 37.0. The highest BCUT2D eigenvalue weighted by atomic mass is 32.2. The van der Waals surface area contributed by atoms with Crippen molar-refractivity contribution < 1.29 is 12.8 Å². The molecule has 4 nitrogen and oxygen atoms in total. The van der Waals surface area contributed by atoms with Crippen molar-refractivity contribution in [2.45, 2.75) is 23.9 Å². The molecule has 6 heteroatoms. The lowest BCUT2D eigenvalue weighted by Crippen LogP contribution is -2.26. The second-order valence-corrected chi connectivity index (χ2v) is 7.97. The highest BCUT2D eigenvalue weighted by molar-refractivity contribution is 7.89. The molecule has 0 saturated heterocycles. The normalized spacial score (nSPS) is 13.9. The summed E-state index contributed by atoms with van der Waals surface area (Å²) in [6, 6.07) is 22.2. The van der Waals surface area contributed by atoms with Gasteiger partial charge in [-0.05, 0) is 47.9 Å². The summed E-state index contributed by atoms with van der Waals surface area (Å²) >= 11 is 0. The zero-order chi connectivity index (χ0) is 19.4. The van der Waals surface area contributed by atoms with Crippen molar-refractivity contribution in [2.24, 2.45) is 5.14 Å². The number of hydrogen-bond donors (Lipinski definition) is 2. The first-order valence-electron chi connectivity index (χ1n) is 8.54. The molecule has 0 saturated carbocycles. The van der Waals surface area contributed by atoms with Crippen LogP contribution in [-0.2, 0) is 10.0 Å². The third-order valence-electron chi connectivity index (χ3n) is 4.42. The molecule has 27 heavy (non-hydrogen) atoms. The SMILES string of the molecule is CC(NC(c1ccccc1)c1cccc(F)c1)c1cccc(S(N)(=O)=O)c1. The van der Waals surface area contributed by atoms with Gasteiger partial charge in [-0.15, -0.1) is 0 Å². The largest absolute Gasteiger partial charge is 0.300 e. The maximum Gasteiger partial charge on any atom is 0.238 e. The van der Waals surface area contributed by atoms with E-state index in [-0.39, 0.29) is 22.8 Å². The zero-order valence-electron chi connectivity index (χ0n) is 14.8. The van der Waals surface area contributed by atoms with E-state index in [2.05, 4.69) is 5.32 Å². The van der Waals surface area contributed by atoms with Crippen molar-refractivity contribution in [2.75, 3.05) is 0 Å². The molecule has 2 unspecified atom stereocenters. The molecule has 0 aliphatic heterocycles. The Morgan fingerprint density at radius 3 is 2.15 bits per heavy atom. The molecule has 3 aromatic rings. The molecule has 0 aromatic heterocycles. The first-order chi connectivity index (χ1) is 12.8. The van der Waals surface area contributed by atoms with Gasteiger partial charge in [0.25, 0.3) is 0 Å². The second kappa shape index (κ2) is 8.00. The van der Waals surface area contributed by atoms with Crippen molar-refractivity contribution in [1.29, 1.82) is 0 Å². The van der Waals surface area contributed by atoms with Gasteiger partial charge in [0.05, 0.1) is 10.9 Å². The Morgan fingerprint density at radius 2 is 1.48 bits per heavy atom. The van der Waals surface area contributed by atoms with Crippen LogP contribution in [0.3, 0.4) is 0 Å². The summed E-state index contributed by atoms with van der Waals surface area (Å²) in [5, 5.41) is 8.71. The maximum absolute atomic E-state index is 13.8. The van der Waals surface area contributed by atoms with Gasteiger partial charge in [0.15, 0.2) is 0 Å². The highest BCUT2D eigenvalue weighted by Gasteiger charge is 2.19. The van der Waals surface area contributed by atoms with Crippen molar-refractivity contribution >= 4 is 10.0 Å². The van der Waals surface area contributed by atoms with Crippen LogP contribution in [0.4, 0.5) is 4.39 Å². The third kappa shape index (κ3) is 4.80. The van der Waals surface area contributed by atoms with Gasteiger partial charge in [0.1, 0.15) is 5.82 Å². The van der Waals surface area contributed by atoms with Gasteiger partial charge < -0.3 is 0 Å². The summed E-state index contributed by atoms with van der Waals surface area (Å²) in [5.41, 5.74) is 2.55. The smallest absolute Gasteiger partial charge is 0.238 e. The Balaban J connectivity index is 1.95. The van der Waals surface area contributed by atoms with Gasteiger partial charge in [0, 0.05) is 6.04 Å². The van der Waals surface area contributed by atoms with Crippen molar-refractivity contribution in [1.82, 2.24) is 5.32 Å². The van der Waals surface area contributed by atoms with E-state index in [1.807, 2.05) is 49.4 Å². The minimum absolute atomic E-state index is 0.0654. The van der Waals surface area contributed by atoms with E-state index >= 15 is 0 Å². The van der Waals surface area contributed by atoms with Gasteiger partial charge in [-0.25, -0.2) is 17.9 Å². The minimum atomic E-state index is -3.77. The molecule has 0 aliphatic carbocycles. The molecule has 0 fully saturated rings. The number of hydrogen-bond acceptors (Lipinski definition) is 3. The van der Waals surface area contributed by atoms with E-state index in [0.29, 0.717) is 0 Å². The monoisotopic (exact) mass is 384 g/mol. The van der Waals surface area contributed by atoms with E-state index in [4.69, 9.17) is 5.14 Å². The van der Waals surface area contributed by atoms with Gasteiger partial charge in [-0.2, -0.15) is 0 Å². The number of nitrogens with one attached hydrogen (secondary N) is 1. The molecule has 0 aliphatic rings. The summed E-state index contributed by atoms with van der Waals surface area (Å²) in [7, 11) is -3.77. The topological polar surface area (TPSA) is 72.2 Å². The molecule has 3 aromatic carbocycles. The van der Waals surface area contributed by atoms with Crippen LogP contribution in [0, 0.1) is 5.82 Å². The van der Waals surface area contributed by atoms with Crippen molar-refractivity contribution in [3.63, 3.8) is 0 Å². The second-order valence-electron chi connectivity index (χ2n) is 6.40. The fraction of sp³-hybridized carbons (Fsp3) is 0.143. The molecule has 0 spiro atoms. The van der Waals surface area contributed by atoms with Crippen LogP contribution in [0.1, 0.15) is 35.7 Å². The molecule has 2 atom stereocenters. The summed E-state index contributed by atoms with van der Waals surface area (Å²) in [6.45, 7) is 1.93. The third-order valence-corrected chi connectivity index (χ3v) is 5.33. The van der Waals surface area contributed by atoms with Crippen LogP contribution < -0.4 is 10.5 Å². The van der Waals surface area contributed by atoms with Gasteiger partial charge in [-0.3, -0.25) is 5.32 Å². The molecule has 0 bridgehead atoms. The predicted molar refractivity (Wildman–Crippen MR) is 104 cm³/mol. The molecular weight excluding hydrogens is 363 g/mol. The first kappa shape index (κ1) is 19.2. The highest BCUT2D eigenvalue weighted by Crippen LogP contribution is 2.27. The molecule has 3 rings (SSSR count). The van der Waals surface area contributed by atoms with Crippen LogP contribution in [0.2, 0.25) is 0 Å². The van der Waals surface area contributed by atoms with Gasteiger partial charge in [-0.1, -0.05) is 54.6 Å².